The zero-order valence-corrected chi connectivity index (χ0v) is 19.7. The summed E-state index contributed by atoms with van der Waals surface area (Å²) in [6.45, 7) is 14.2. The van der Waals surface area contributed by atoms with Gasteiger partial charge in [-0.15, -0.1) is 0 Å². The van der Waals surface area contributed by atoms with E-state index in [4.69, 9.17) is 5.73 Å². The van der Waals surface area contributed by atoms with E-state index in [1.54, 1.807) is 0 Å². The second-order valence-corrected chi connectivity index (χ2v) is 10.4. The summed E-state index contributed by atoms with van der Waals surface area (Å²) >= 11 is 0. The Morgan fingerprint density at radius 2 is 1.58 bits per heavy atom. The van der Waals surface area contributed by atoms with Crippen molar-refractivity contribution in [1.29, 1.82) is 0 Å². The summed E-state index contributed by atoms with van der Waals surface area (Å²) in [5.74, 6) is -0.373. The maximum Gasteiger partial charge on any atom is 0.250 e. The van der Waals surface area contributed by atoms with Crippen LogP contribution in [0.15, 0.2) is 48.5 Å². The molecule has 0 saturated heterocycles. The monoisotopic (exact) mass is 414 g/mol. The first-order valence-corrected chi connectivity index (χ1v) is 11.2. The van der Waals surface area contributed by atoms with Crippen LogP contribution in [-0.2, 0) is 17.4 Å². The number of rotatable bonds is 4. The van der Waals surface area contributed by atoms with E-state index in [1.807, 2.05) is 13.0 Å². The van der Waals surface area contributed by atoms with Gasteiger partial charge in [0.2, 0.25) is 0 Å². The Labute approximate surface area is 186 Å². The predicted molar refractivity (Wildman–Crippen MR) is 129 cm³/mol. The molecule has 0 saturated carbocycles. The van der Waals surface area contributed by atoms with Crippen molar-refractivity contribution in [2.75, 3.05) is 0 Å². The highest BCUT2D eigenvalue weighted by Gasteiger charge is 2.37. The maximum atomic E-state index is 12.2. The summed E-state index contributed by atoms with van der Waals surface area (Å²) in [5.41, 5.74) is 15.1. The third kappa shape index (κ3) is 3.71. The number of benzene rings is 2. The van der Waals surface area contributed by atoms with Crippen LogP contribution in [0.1, 0.15) is 78.8 Å². The Morgan fingerprint density at radius 3 is 2.23 bits per heavy atom. The Balaban J connectivity index is 1.90. The number of amides is 1. The van der Waals surface area contributed by atoms with E-state index in [0.717, 1.165) is 17.0 Å². The first-order valence-electron chi connectivity index (χ1n) is 11.2. The molecule has 31 heavy (non-hydrogen) atoms. The second-order valence-electron chi connectivity index (χ2n) is 10.4. The summed E-state index contributed by atoms with van der Waals surface area (Å²) < 4.78 is 2.24. The van der Waals surface area contributed by atoms with Gasteiger partial charge in [-0.3, -0.25) is 4.79 Å². The molecule has 3 heteroatoms. The molecule has 1 aliphatic rings. The summed E-state index contributed by atoms with van der Waals surface area (Å²) in [6, 6.07) is 17.3. The normalized spacial score (nSPS) is 16.7. The summed E-state index contributed by atoms with van der Waals surface area (Å²) in [6.07, 6.45) is 2.37. The van der Waals surface area contributed by atoms with Gasteiger partial charge in [0, 0.05) is 17.9 Å². The van der Waals surface area contributed by atoms with Crippen LogP contribution in [0.25, 0.3) is 11.3 Å². The molecule has 2 aromatic carbocycles. The molecule has 1 amide bonds. The van der Waals surface area contributed by atoms with Gasteiger partial charge in [-0.2, -0.15) is 0 Å². The Hall–Kier alpha value is -2.81. The molecule has 3 nitrogen and oxygen atoms in total. The Bertz CT molecular complexity index is 1160. The molecule has 0 fully saturated rings. The van der Waals surface area contributed by atoms with Crippen LogP contribution in [0, 0.1) is 13.8 Å². The zero-order valence-electron chi connectivity index (χ0n) is 19.7. The van der Waals surface area contributed by atoms with Crippen LogP contribution in [0.4, 0.5) is 0 Å². The molecule has 1 aliphatic carbocycles. The number of fused-ring (bicyclic) bond motifs is 1. The molecule has 3 aromatic rings. The van der Waals surface area contributed by atoms with E-state index in [2.05, 4.69) is 81.7 Å². The number of nitrogens with zero attached hydrogens (tertiary/aromatic N) is 1. The number of carbonyl (C=O) groups excluding carboxylic acids is 1. The molecule has 2 N–H and O–H groups in total. The summed E-state index contributed by atoms with van der Waals surface area (Å²) in [4.78, 5) is 12.2. The second kappa shape index (κ2) is 7.40. The van der Waals surface area contributed by atoms with Gasteiger partial charge in [-0.25, -0.2) is 0 Å². The average molecular weight is 415 g/mol. The van der Waals surface area contributed by atoms with Gasteiger partial charge in [0.05, 0.1) is 5.56 Å². The number of aryl methyl sites for hydroxylation is 1. The number of hydrogen-bond acceptors (Lipinski definition) is 1. The van der Waals surface area contributed by atoms with Gasteiger partial charge in [0.1, 0.15) is 0 Å². The van der Waals surface area contributed by atoms with Crippen LogP contribution in [0.2, 0.25) is 0 Å². The van der Waals surface area contributed by atoms with Crippen molar-refractivity contribution >= 4 is 5.91 Å². The molecule has 4 rings (SSSR count). The van der Waals surface area contributed by atoms with Gasteiger partial charge in [-0.05, 0) is 77.5 Å². The minimum atomic E-state index is -0.373. The largest absolute Gasteiger partial charge is 0.366 e. The standard InChI is InChI=1S/C28H34N2O/c1-18-9-7-8-10-21(18)17-30-19(2)22(26(29)31)16-25(30)20-11-12-23-24(15-20)28(5,6)14-13-27(23,3)4/h7-12,15-16H,13-14,17H2,1-6H3,(H2,29,31). The zero-order chi connectivity index (χ0) is 22.6. The van der Waals surface area contributed by atoms with Crippen molar-refractivity contribution in [1.82, 2.24) is 4.57 Å². The molecule has 162 valence electrons. The highest BCUT2D eigenvalue weighted by molar-refractivity contribution is 5.95. The van der Waals surface area contributed by atoms with Gasteiger partial charge >= 0.3 is 0 Å². The average Bonchev–Trinajstić information content (AvgIpc) is 3.04. The molecule has 1 heterocycles. The number of primary amides is 1. The van der Waals surface area contributed by atoms with Crippen molar-refractivity contribution in [3.8, 4) is 11.3 Å². The maximum absolute atomic E-state index is 12.2. The molecule has 0 aliphatic heterocycles. The van der Waals surface area contributed by atoms with Crippen LogP contribution in [-0.4, -0.2) is 10.5 Å². The summed E-state index contributed by atoms with van der Waals surface area (Å²) in [5, 5.41) is 0. The molecule has 0 radical (unpaired) electrons. The van der Waals surface area contributed by atoms with Gasteiger partial charge in [0.15, 0.2) is 0 Å². The van der Waals surface area contributed by atoms with E-state index in [1.165, 1.54) is 35.1 Å². The molecular weight excluding hydrogens is 380 g/mol. The van der Waals surface area contributed by atoms with E-state index in [0.29, 0.717) is 12.1 Å². The minimum absolute atomic E-state index is 0.135. The summed E-state index contributed by atoms with van der Waals surface area (Å²) in [7, 11) is 0. The third-order valence-corrected chi connectivity index (χ3v) is 7.37. The smallest absolute Gasteiger partial charge is 0.250 e. The highest BCUT2D eigenvalue weighted by atomic mass is 16.1. The topological polar surface area (TPSA) is 48.0 Å². The van der Waals surface area contributed by atoms with E-state index < -0.39 is 0 Å². The van der Waals surface area contributed by atoms with Crippen LogP contribution < -0.4 is 5.73 Å². The van der Waals surface area contributed by atoms with Gasteiger partial charge < -0.3 is 10.3 Å². The molecular formula is C28H34N2O. The quantitative estimate of drug-likeness (QED) is 0.537. The van der Waals surface area contributed by atoms with Gasteiger partial charge in [0.25, 0.3) is 5.91 Å². The van der Waals surface area contributed by atoms with Crippen molar-refractivity contribution in [2.24, 2.45) is 5.73 Å². The van der Waals surface area contributed by atoms with Crippen LogP contribution in [0.5, 0.6) is 0 Å². The number of carbonyl (C=O) groups is 1. The lowest BCUT2D eigenvalue weighted by molar-refractivity contribution is 0.0999. The fraction of sp³-hybridized carbons (Fsp3) is 0.393. The fourth-order valence-corrected chi connectivity index (χ4v) is 5.04. The predicted octanol–water partition coefficient (Wildman–Crippen LogP) is 6.27. The van der Waals surface area contributed by atoms with E-state index >= 15 is 0 Å². The molecule has 1 aromatic heterocycles. The molecule has 0 unspecified atom stereocenters. The van der Waals surface area contributed by atoms with Crippen molar-refractivity contribution in [3.05, 3.63) is 82.0 Å². The van der Waals surface area contributed by atoms with Gasteiger partial charge in [-0.1, -0.05) is 64.1 Å². The number of nitrogens with two attached hydrogens (primary N) is 1. The van der Waals surface area contributed by atoms with Crippen LogP contribution >= 0.6 is 0 Å². The van der Waals surface area contributed by atoms with Crippen molar-refractivity contribution in [2.45, 2.75) is 71.8 Å². The third-order valence-electron chi connectivity index (χ3n) is 7.37. The molecule has 0 spiro atoms. The first-order chi connectivity index (χ1) is 14.5. The number of hydrogen-bond donors (Lipinski definition) is 1. The van der Waals surface area contributed by atoms with Crippen LogP contribution in [0.3, 0.4) is 0 Å². The Kier molecular flexibility index (Phi) is 5.12. The lowest BCUT2D eigenvalue weighted by atomic mass is 9.63. The van der Waals surface area contributed by atoms with Crippen molar-refractivity contribution < 1.29 is 4.79 Å². The first kappa shape index (κ1) is 21.4. The highest BCUT2D eigenvalue weighted by Crippen LogP contribution is 2.47. The van der Waals surface area contributed by atoms with E-state index in [9.17, 15) is 4.79 Å². The molecule has 0 atom stereocenters. The minimum Gasteiger partial charge on any atom is -0.366 e. The lowest BCUT2D eigenvalue weighted by Gasteiger charge is -2.42. The SMILES string of the molecule is Cc1ccccc1Cn1c(-c2ccc3c(c2)C(C)(C)CCC3(C)C)cc(C(N)=O)c1C. The molecule has 0 bridgehead atoms. The Morgan fingerprint density at radius 1 is 0.935 bits per heavy atom. The fourth-order valence-electron chi connectivity index (χ4n) is 5.04. The van der Waals surface area contributed by atoms with E-state index in [-0.39, 0.29) is 16.7 Å². The van der Waals surface area contributed by atoms with Crippen molar-refractivity contribution in [3.63, 3.8) is 0 Å². The lowest BCUT2D eigenvalue weighted by Crippen LogP contribution is -2.33. The number of aromatic nitrogens is 1.